The fourth-order valence-corrected chi connectivity index (χ4v) is 9.39. The molecule has 2 heteroatoms. The van der Waals surface area contributed by atoms with Crippen LogP contribution in [0.1, 0.15) is 0 Å². The van der Waals surface area contributed by atoms with E-state index in [1.165, 1.54) is 71.8 Å². The highest BCUT2D eigenvalue weighted by Gasteiger charge is 2.16. The van der Waals surface area contributed by atoms with E-state index in [2.05, 4.69) is 255 Å². The van der Waals surface area contributed by atoms with Gasteiger partial charge in [0.15, 0.2) is 5.82 Å². The number of hydrogen-bond donors (Lipinski definition) is 0. The lowest BCUT2D eigenvalue weighted by atomic mass is 9.92. The van der Waals surface area contributed by atoms with Crippen LogP contribution in [-0.2, 0) is 0 Å². The summed E-state index contributed by atoms with van der Waals surface area (Å²) in [5.74, 6) is 0.722. The van der Waals surface area contributed by atoms with E-state index in [0.717, 1.165) is 50.1 Å². The monoisotopic (exact) mass is 838 g/mol. The van der Waals surface area contributed by atoms with Crippen molar-refractivity contribution in [3.8, 4) is 89.4 Å². The van der Waals surface area contributed by atoms with Gasteiger partial charge in [0.25, 0.3) is 0 Å². The third-order valence-electron chi connectivity index (χ3n) is 12.8. The van der Waals surface area contributed by atoms with Gasteiger partial charge in [-0.05, 0) is 131 Å². The quantitative estimate of drug-likeness (QED) is 0.143. The summed E-state index contributed by atoms with van der Waals surface area (Å²) in [6.45, 7) is 0. The Morgan fingerprint density at radius 1 is 0.212 bits per heavy atom. The first-order valence-electron chi connectivity index (χ1n) is 22.5. The third kappa shape index (κ3) is 7.51. The molecule has 0 amide bonds. The molecule has 0 saturated heterocycles. The van der Waals surface area contributed by atoms with E-state index >= 15 is 0 Å². The Kier molecular flexibility index (Phi) is 9.89. The van der Waals surface area contributed by atoms with Crippen molar-refractivity contribution in [3.05, 3.63) is 255 Å². The summed E-state index contributed by atoms with van der Waals surface area (Å²) in [7, 11) is 0. The van der Waals surface area contributed by atoms with E-state index in [1.807, 2.05) is 0 Å². The molecule has 0 atom stereocenters. The highest BCUT2D eigenvalue weighted by Crippen LogP contribution is 2.38. The Balaban J connectivity index is 0.850. The normalized spacial score (nSPS) is 11.3. The van der Waals surface area contributed by atoms with Crippen molar-refractivity contribution in [2.75, 3.05) is 0 Å². The van der Waals surface area contributed by atoms with E-state index in [-0.39, 0.29) is 0 Å². The van der Waals surface area contributed by atoms with Crippen molar-refractivity contribution in [2.45, 2.75) is 0 Å². The minimum atomic E-state index is 0.722. The number of aromatic nitrogens is 2. The molecule has 0 aliphatic rings. The van der Waals surface area contributed by atoms with Crippen LogP contribution in [0.2, 0.25) is 0 Å². The smallest absolute Gasteiger partial charge is 0.160 e. The molecule has 0 fully saturated rings. The fourth-order valence-electron chi connectivity index (χ4n) is 9.39. The predicted octanol–water partition coefficient (Wildman–Crippen LogP) is 17.3. The average Bonchev–Trinajstić information content (AvgIpc) is 3.41. The van der Waals surface area contributed by atoms with E-state index in [1.54, 1.807) is 0 Å². The number of hydrogen-bond acceptors (Lipinski definition) is 2. The second-order valence-electron chi connectivity index (χ2n) is 17.0. The van der Waals surface area contributed by atoms with Gasteiger partial charge >= 0.3 is 0 Å². The molecule has 0 spiro atoms. The molecule has 308 valence electrons. The summed E-state index contributed by atoms with van der Waals surface area (Å²) in [4.78, 5) is 10.5. The van der Waals surface area contributed by atoms with Gasteiger partial charge < -0.3 is 0 Å². The first-order valence-corrected chi connectivity index (χ1v) is 22.5. The van der Waals surface area contributed by atoms with E-state index in [0.29, 0.717) is 0 Å². The van der Waals surface area contributed by atoms with Crippen LogP contribution in [0, 0.1) is 0 Å². The van der Waals surface area contributed by atoms with Gasteiger partial charge in [0.1, 0.15) is 0 Å². The van der Waals surface area contributed by atoms with Gasteiger partial charge in [-0.25, -0.2) is 9.97 Å². The average molecular weight is 839 g/mol. The second-order valence-corrected chi connectivity index (χ2v) is 17.0. The van der Waals surface area contributed by atoms with Crippen molar-refractivity contribution >= 4 is 32.4 Å². The minimum absolute atomic E-state index is 0.722. The molecule has 0 aliphatic heterocycles. The molecule has 0 N–H and O–H groups in total. The number of rotatable bonds is 8. The lowest BCUT2D eigenvalue weighted by Crippen LogP contribution is -1.96. The zero-order chi connectivity index (χ0) is 43.8. The van der Waals surface area contributed by atoms with Gasteiger partial charge in [-0.1, -0.05) is 212 Å². The molecule has 66 heavy (non-hydrogen) atoms. The van der Waals surface area contributed by atoms with Crippen LogP contribution in [0.4, 0.5) is 0 Å². The van der Waals surface area contributed by atoms with Crippen LogP contribution in [0.3, 0.4) is 0 Å². The Morgan fingerprint density at radius 2 is 0.606 bits per heavy atom. The van der Waals surface area contributed by atoms with Gasteiger partial charge in [0.05, 0.1) is 11.2 Å². The topological polar surface area (TPSA) is 25.8 Å². The lowest BCUT2D eigenvalue weighted by Gasteiger charge is -2.13. The molecule has 12 aromatic rings. The standard InChI is InChI=1S/C64H42N2/c1-3-13-43(14-4-1)57-40-58(44-15-5-2-6-16-44)42-59(41-57)48-27-25-46(26-28-48)52-20-11-22-54(37-52)55-23-12-21-53(38-55)47-29-32-50(33-30-47)63-62-60-24-10-9-18-49(60)35-36-61(62)65-64(66-63)56-34-31-45-17-7-8-19-51(45)39-56/h1-42H. The summed E-state index contributed by atoms with van der Waals surface area (Å²) in [5, 5.41) is 5.76. The molecular weight excluding hydrogens is 797 g/mol. The fraction of sp³-hybridized carbons (Fsp3) is 0. The maximum atomic E-state index is 5.33. The van der Waals surface area contributed by atoms with Crippen molar-refractivity contribution in [1.29, 1.82) is 0 Å². The zero-order valence-electron chi connectivity index (χ0n) is 36.1. The van der Waals surface area contributed by atoms with Crippen LogP contribution in [-0.4, -0.2) is 9.97 Å². The van der Waals surface area contributed by atoms with Gasteiger partial charge in [0, 0.05) is 16.5 Å². The van der Waals surface area contributed by atoms with E-state index in [4.69, 9.17) is 9.97 Å². The first kappa shape index (κ1) is 38.9. The zero-order valence-corrected chi connectivity index (χ0v) is 36.1. The molecule has 0 bridgehead atoms. The Morgan fingerprint density at radius 3 is 1.18 bits per heavy atom. The van der Waals surface area contributed by atoms with Crippen LogP contribution in [0.15, 0.2) is 255 Å². The van der Waals surface area contributed by atoms with Crippen molar-refractivity contribution < 1.29 is 0 Å². The van der Waals surface area contributed by atoms with Crippen molar-refractivity contribution in [3.63, 3.8) is 0 Å². The van der Waals surface area contributed by atoms with Gasteiger partial charge in [-0.15, -0.1) is 0 Å². The maximum absolute atomic E-state index is 5.33. The summed E-state index contributed by atoms with van der Waals surface area (Å²) >= 11 is 0. The van der Waals surface area contributed by atoms with Gasteiger partial charge in [-0.3, -0.25) is 0 Å². The van der Waals surface area contributed by atoms with Crippen molar-refractivity contribution in [1.82, 2.24) is 9.97 Å². The van der Waals surface area contributed by atoms with Gasteiger partial charge in [-0.2, -0.15) is 0 Å². The predicted molar refractivity (Wildman–Crippen MR) is 278 cm³/mol. The SMILES string of the molecule is c1ccc(-c2cc(-c3ccccc3)cc(-c3ccc(-c4cccc(-c5cccc(-c6ccc(-c7nc(-c8ccc9ccccc9c8)nc8ccc9ccccc9c78)cc6)c5)c4)cc3)c2)cc1. The van der Waals surface area contributed by atoms with Gasteiger partial charge in [0.2, 0.25) is 0 Å². The molecule has 1 aromatic heterocycles. The Hall–Kier alpha value is -8.72. The first-order chi connectivity index (χ1) is 32.7. The molecule has 12 rings (SSSR count). The largest absolute Gasteiger partial charge is 0.228 e. The molecule has 0 aliphatic carbocycles. The minimum Gasteiger partial charge on any atom is -0.228 e. The molecule has 11 aromatic carbocycles. The highest BCUT2D eigenvalue weighted by molar-refractivity contribution is 6.12. The van der Waals surface area contributed by atoms with E-state index in [9.17, 15) is 0 Å². The molecule has 0 unspecified atom stereocenters. The molecule has 1 heterocycles. The molecular formula is C64H42N2. The summed E-state index contributed by atoms with van der Waals surface area (Å²) in [6.07, 6.45) is 0. The second kappa shape index (κ2) is 16.8. The molecule has 0 saturated carbocycles. The molecule has 0 radical (unpaired) electrons. The summed E-state index contributed by atoms with van der Waals surface area (Å²) in [5.41, 5.74) is 18.2. The Labute approximate surface area is 384 Å². The van der Waals surface area contributed by atoms with Crippen LogP contribution >= 0.6 is 0 Å². The van der Waals surface area contributed by atoms with Crippen LogP contribution in [0.25, 0.3) is 122 Å². The Bertz CT molecular complexity index is 3670. The number of nitrogens with zero attached hydrogens (tertiary/aromatic N) is 2. The molecule has 2 nitrogen and oxygen atoms in total. The summed E-state index contributed by atoms with van der Waals surface area (Å²) in [6, 6.07) is 91.5. The lowest BCUT2D eigenvalue weighted by molar-refractivity contribution is 1.23. The summed E-state index contributed by atoms with van der Waals surface area (Å²) < 4.78 is 0. The number of fused-ring (bicyclic) bond motifs is 4. The van der Waals surface area contributed by atoms with E-state index < -0.39 is 0 Å². The van der Waals surface area contributed by atoms with Crippen LogP contribution in [0.5, 0.6) is 0 Å². The van der Waals surface area contributed by atoms with Crippen LogP contribution < -0.4 is 0 Å². The van der Waals surface area contributed by atoms with Crippen molar-refractivity contribution in [2.24, 2.45) is 0 Å². The number of benzene rings is 11. The highest BCUT2D eigenvalue weighted by atomic mass is 14.9. The maximum Gasteiger partial charge on any atom is 0.160 e. The third-order valence-corrected chi connectivity index (χ3v) is 12.8.